The summed E-state index contributed by atoms with van der Waals surface area (Å²) in [6, 6.07) is 8.48. The van der Waals surface area contributed by atoms with Gasteiger partial charge in [-0.25, -0.2) is 0 Å². The van der Waals surface area contributed by atoms with Crippen LogP contribution >= 0.6 is 0 Å². The number of methoxy groups -OCH3 is 1. The van der Waals surface area contributed by atoms with Gasteiger partial charge in [0, 0.05) is 32.4 Å². The Hall–Kier alpha value is -1.06. The number of nitrogens with zero attached hydrogens (tertiary/aromatic N) is 1. The Morgan fingerprint density at radius 3 is 2.53 bits per heavy atom. The molecule has 0 saturated carbocycles. The number of benzene rings is 1. The highest BCUT2D eigenvalue weighted by Crippen LogP contribution is 2.07. The third-order valence-corrected chi connectivity index (χ3v) is 2.85. The SMILES string of the molecule is COC(C)CN(C)CCNc1ccc(C)cc1. The molecule has 1 rings (SSSR count). The predicted molar refractivity (Wildman–Crippen MR) is 73.6 cm³/mol. The highest BCUT2D eigenvalue weighted by molar-refractivity contribution is 5.44. The molecular formula is C14H24N2O. The second kappa shape index (κ2) is 7.30. The van der Waals surface area contributed by atoms with Gasteiger partial charge in [0.2, 0.25) is 0 Å². The van der Waals surface area contributed by atoms with E-state index in [-0.39, 0.29) is 0 Å². The van der Waals surface area contributed by atoms with Gasteiger partial charge in [0.05, 0.1) is 6.10 Å². The molecule has 3 heteroatoms. The molecule has 0 amide bonds. The minimum atomic E-state index is 0.291. The lowest BCUT2D eigenvalue weighted by Crippen LogP contribution is -2.32. The first-order valence-electron chi connectivity index (χ1n) is 6.13. The third-order valence-electron chi connectivity index (χ3n) is 2.85. The van der Waals surface area contributed by atoms with E-state index in [1.54, 1.807) is 7.11 Å². The van der Waals surface area contributed by atoms with Gasteiger partial charge in [-0.1, -0.05) is 17.7 Å². The lowest BCUT2D eigenvalue weighted by Gasteiger charge is -2.20. The molecule has 1 aromatic carbocycles. The number of ether oxygens (including phenoxy) is 1. The summed E-state index contributed by atoms with van der Waals surface area (Å²) in [7, 11) is 3.87. The van der Waals surface area contributed by atoms with E-state index in [1.165, 1.54) is 11.3 Å². The maximum Gasteiger partial charge on any atom is 0.0670 e. The van der Waals surface area contributed by atoms with Crippen LogP contribution in [0.4, 0.5) is 5.69 Å². The van der Waals surface area contributed by atoms with Gasteiger partial charge in [-0.05, 0) is 33.0 Å². The number of nitrogens with one attached hydrogen (secondary N) is 1. The van der Waals surface area contributed by atoms with Crippen LogP contribution < -0.4 is 5.32 Å². The minimum Gasteiger partial charge on any atom is -0.384 e. The first kappa shape index (κ1) is 14.0. The van der Waals surface area contributed by atoms with Crippen LogP contribution in [0.25, 0.3) is 0 Å². The Bertz CT molecular complexity index is 311. The minimum absolute atomic E-state index is 0.291. The van der Waals surface area contributed by atoms with Gasteiger partial charge in [-0.2, -0.15) is 0 Å². The molecular weight excluding hydrogens is 212 g/mol. The maximum atomic E-state index is 5.24. The van der Waals surface area contributed by atoms with Crippen LogP contribution in [0.1, 0.15) is 12.5 Å². The number of aryl methyl sites for hydroxylation is 1. The van der Waals surface area contributed by atoms with Gasteiger partial charge < -0.3 is 15.0 Å². The first-order valence-corrected chi connectivity index (χ1v) is 6.13. The van der Waals surface area contributed by atoms with Crippen molar-refractivity contribution in [3.05, 3.63) is 29.8 Å². The summed E-state index contributed by atoms with van der Waals surface area (Å²) in [5.74, 6) is 0. The standard InChI is InChI=1S/C14H24N2O/c1-12-5-7-14(8-6-12)15-9-10-16(3)11-13(2)17-4/h5-8,13,15H,9-11H2,1-4H3. The van der Waals surface area contributed by atoms with Crippen molar-refractivity contribution >= 4 is 5.69 Å². The van der Waals surface area contributed by atoms with E-state index < -0.39 is 0 Å². The quantitative estimate of drug-likeness (QED) is 0.786. The summed E-state index contributed by atoms with van der Waals surface area (Å²) >= 11 is 0. The molecule has 0 fully saturated rings. The average Bonchev–Trinajstić information content (AvgIpc) is 2.31. The number of hydrogen-bond acceptors (Lipinski definition) is 3. The van der Waals surface area contributed by atoms with Crippen LogP contribution in [0.3, 0.4) is 0 Å². The molecule has 3 nitrogen and oxygen atoms in total. The van der Waals surface area contributed by atoms with E-state index in [0.717, 1.165) is 19.6 Å². The summed E-state index contributed by atoms with van der Waals surface area (Å²) in [5, 5.41) is 3.41. The second-order valence-corrected chi connectivity index (χ2v) is 4.60. The van der Waals surface area contributed by atoms with Gasteiger partial charge in [0.1, 0.15) is 0 Å². The fraction of sp³-hybridized carbons (Fsp3) is 0.571. The summed E-state index contributed by atoms with van der Waals surface area (Å²) in [5.41, 5.74) is 2.48. The van der Waals surface area contributed by atoms with E-state index in [9.17, 15) is 0 Å². The van der Waals surface area contributed by atoms with Crippen LogP contribution in [-0.2, 0) is 4.74 Å². The van der Waals surface area contributed by atoms with Crippen molar-refractivity contribution in [1.29, 1.82) is 0 Å². The van der Waals surface area contributed by atoms with Crippen molar-refractivity contribution in [2.24, 2.45) is 0 Å². The lowest BCUT2D eigenvalue weighted by molar-refractivity contribution is 0.0869. The molecule has 0 spiro atoms. The number of anilines is 1. The number of hydrogen-bond donors (Lipinski definition) is 1. The second-order valence-electron chi connectivity index (χ2n) is 4.60. The van der Waals surface area contributed by atoms with Crippen LogP contribution in [0.15, 0.2) is 24.3 Å². The Kier molecular flexibility index (Phi) is 6.01. The van der Waals surface area contributed by atoms with Gasteiger partial charge in [-0.3, -0.25) is 0 Å². The fourth-order valence-corrected chi connectivity index (χ4v) is 1.67. The van der Waals surface area contributed by atoms with E-state index in [4.69, 9.17) is 4.74 Å². The van der Waals surface area contributed by atoms with E-state index >= 15 is 0 Å². The molecule has 17 heavy (non-hydrogen) atoms. The molecule has 0 aliphatic heterocycles. The van der Waals surface area contributed by atoms with Crippen LogP contribution in [0, 0.1) is 6.92 Å². The zero-order chi connectivity index (χ0) is 12.7. The Morgan fingerprint density at radius 2 is 1.94 bits per heavy atom. The predicted octanol–water partition coefficient (Wildman–Crippen LogP) is 2.37. The highest BCUT2D eigenvalue weighted by Gasteiger charge is 2.04. The summed E-state index contributed by atoms with van der Waals surface area (Å²) in [4.78, 5) is 2.27. The number of likely N-dealkylation sites (N-methyl/N-ethyl adjacent to an activating group) is 1. The van der Waals surface area contributed by atoms with Crippen molar-refractivity contribution < 1.29 is 4.74 Å². The van der Waals surface area contributed by atoms with E-state index in [2.05, 4.69) is 55.4 Å². The molecule has 0 aromatic heterocycles. The lowest BCUT2D eigenvalue weighted by atomic mass is 10.2. The third kappa shape index (κ3) is 5.71. The van der Waals surface area contributed by atoms with E-state index in [1.807, 2.05) is 0 Å². The normalized spacial score (nSPS) is 12.8. The van der Waals surface area contributed by atoms with Crippen molar-refractivity contribution in [3.63, 3.8) is 0 Å². The molecule has 96 valence electrons. The first-order chi connectivity index (χ1) is 8.11. The van der Waals surface area contributed by atoms with Crippen molar-refractivity contribution in [2.75, 3.05) is 39.1 Å². The Balaban J connectivity index is 2.21. The summed E-state index contributed by atoms with van der Waals surface area (Å²) in [6.45, 7) is 7.12. The molecule has 0 aliphatic rings. The summed E-state index contributed by atoms with van der Waals surface area (Å²) in [6.07, 6.45) is 0.291. The van der Waals surface area contributed by atoms with Crippen molar-refractivity contribution in [1.82, 2.24) is 4.90 Å². The molecule has 0 heterocycles. The molecule has 1 aromatic rings. The molecule has 0 saturated heterocycles. The van der Waals surface area contributed by atoms with E-state index in [0.29, 0.717) is 6.10 Å². The highest BCUT2D eigenvalue weighted by atomic mass is 16.5. The maximum absolute atomic E-state index is 5.24. The van der Waals surface area contributed by atoms with Crippen LogP contribution in [0.5, 0.6) is 0 Å². The molecule has 1 N–H and O–H groups in total. The van der Waals surface area contributed by atoms with Gasteiger partial charge in [0.25, 0.3) is 0 Å². The van der Waals surface area contributed by atoms with Gasteiger partial charge in [-0.15, -0.1) is 0 Å². The van der Waals surface area contributed by atoms with Crippen molar-refractivity contribution in [3.8, 4) is 0 Å². The molecule has 0 aliphatic carbocycles. The van der Waals surface area contributed by atoms with Gasteiger partial charge in [0.15, 0.2) is 0 Å². The van der Waals surface area contributed by atoms with Crippen LogP contribution in [0.2, 0.25) is 0 Å². The molecule has 1 atom stereocenters. The topological polar surface area (TPSA) is 24.5 Å². The van der Waals surface area contributed by atoms with Gasteiger partial charge >= 0.3 is 0 Å². The van der Waals surface area contributed by atoms with Crippen LogP contribution in [-0.4, -0.2) is 44.8 Å². The largest absolute Gasteiger partial charge is 0.384 e. The fourth-order valence-electron chi connectivity index (χ4n) is 1.67. The smallest absolute Gasteiger partial charge is 0.0670 e. The zero-order valence-electron chi connectivity index (χ0n) is 11.4. The Morgan fingerprint density at radius 1 is 1.29 bits per heavy atom. The molecule has 0 radical (unpaired) electrons. The summed E-state index contributed by atoms with van der Waals surface area (Å²) < 4.78 is 5.24. The Labute approximate surface area is 105 Å². The average molecular weight is 236 g/mol. The zero-order valence-corrected chi connectivity index (χ0v) is 11.4. The molecule has 0 bridgehead atoms. The van der Waals surface area contributed by atoms with Crippen molar-refractivity contribution in [2.45, 2.75) is 20.0 Å². The molecule has 1 unspecified atom stereocenters. The monoisotopic (exact) mass is 236 g/mol. The number of rotatable bonds is 7.